The zero-order valence-corrected chi connectivity index (χ0v) is 9.40. The number of anilines is 1. The van der Waals surface area contributed by atoms with Gasteiger partial charge >= 0.3 is 0 Å². The third kappa shape index (κ3) is 2.39. The molecule has 1 saturated heterocycles. The molecule has 0 spiro atoms. The minimum atomic E-state index is -0.714. The van der Waals surface area contributed by atoms with Crippen LogP contribution in [0.25, 0.3) is 0 Å². The van der Waals surface area contributed by atoms with Crippen LogP contribution in [0.4, 0.5) is 10.1 Å². The summed E-state index contributed by atoms with van der Waals surface area (Å²) in [5, 5.41) is 12.0. The van der Waals surface area contributed by atoms with E-state index in [0.29, 0.717) is 18.8 Å². The number of amides is 1. The molecule has 0 aromatic heterocycles. The van der Waals surface area contributed by atoms with Crippen LogP contribution in [0.15, 0.2) is 24.3 Å². The Balaban J connectivity index is 2.34. The second-order valence-corrected chi connectivity index (χ2v) is 3.99. The molecule has 1 heterocycles. The van der Waals surface area contributed by atoms with Gasteiger partial charge in [0.1, 0.15) is 11.9 Å². The van der Waals surface area contributed by atoms with E-state index >= 15 is 0 Å². The van der Waals surface area contributed by atoms with E-state index in [9.17, 15) is 14.3 Å². The molecule has 1 aliphatic heterocycles. The van der Waals surface area contributed by atoms with Crippen molar-refractivity contribution in [1.82, 2.24) is 5.32 Å². The minimum absolute atomic E-state index is 0.256. The summed E-state index contributed by atoms with van der Waals surface area (Å²) in [6.45, 7) is 0.783. The third-order valence-corrected chi connectivity index (χ3v) is 2.89. The number of nitrogens with one attached hydrogen (secondary N) is 1. The Hall–Kier alpha value is -1.62. The molecule has 0 bridgehead atoms. The lowest BCUT2D eigenvalue weighted by atomic mass is 10.2. The standard InChI is InChI=1S/C12H15FN2O2/c13-9-4-1-2-5-10(9)15-7-3-6-14-12(17)11(15)8-16/h1-2,4-5,11,16H,3,6-8H2,(H,14,17). The fraction of sp³-hybridized carbons (Fsp3) is 0.417. The van der Waals surface area contributed by atoms with Gasteiger partial charge in [0.25, 0.3) is 0 Å². The summed E-state index contributed by atoms with van der Waals surface area (Å²) in [5.74, 6) is -0.631. The predicted octanol–water partition coefficient (Wildman–Crippen LogP) is 0.513. The van der Waals surface area contributed by atoms with Crippen molar-refractivity contribution in [2.24, 2.45) is 0 Å². The molecule has 2 N–H and O–H groups in total. The average molecular weight is 238 g/mol. The van der Waals surface area contributed by atoms with Crippen molar-refractivity contribution in [2.45, 2.75) is 12.5 Å². The van der Waals surface area contributed by atoms with E-state index in [1.807, 2.05) is 0 Å². The Labute approximate surface area is 99.0 Å². The molecule has 4 nitrogen and oxygen atoms in total. The number of para-hydroxylation sites is 1. The number of benzene rings is 1. The van der Waals surface area contributed by atoms with Gasteiger partial charge in [0, 0.05) is 13.1 Å². The van der Waals surface area contributed by atoms with Gasteiger partial charge in [-0.1, -0.05) is 12.1 Å². The molecule has 2 rings (SSSR count). The van der Waals surface area contributed by atoms with Crippen LogP contribution < -0.4 is 10.2 Å². The van der Waals surface area contributed by atoms with Crippen LogP contribution in [-0.4, -0.2) is 36.8 Å². The molecule has 1 unspecified atom stereocenters. The van der Waals surface area contributed by atoms with Crippen LogP contribution in [0, 0.1) is 5.82 Å². The highest BCUT2D eigenvalue weighted by atomic mass is 19.1. The summed E-state index contributed by atoms with van der Waals surface area (Å²) < 4.78 is 13.7. The van der Waals surface area contributed by atoms with Crippen molar-refractivity contribution in [3.63, 3.8) is 0 Å². The number of carbonyl (C=O) groups excluding carboxylic acids is 1. The molecule has 1 aliphatic rings. The van der Waals surface area contributed by atoms with E-state index in [-0.39, 0.29) is 18.3 Å². The fourth-order valence-corrected chi connectivity index (χ4v) is 2.03. The Kier molecular flexibility index (Phi) is 3.58. The molecule has 5 heteroatoms. The molecule has 1 atom stereocenters. The van der Waals surface area contributed by atoms with Crippen LogP contribution in [-0.2, 0) is 4.79 Å². The van der Waals surface area contributed by atoms with Gasteiger partial charge in [0.05, 0.1) is 12.3 Å². The van der Waals surface area contributed by atoms with E-state index in [0.717, 1.165) is 6.42 Å². The second-order valence-electron chi connectivity index (χ2n) is 3.99. The monoisotopic (exact) mass is 238 g/mol. The first kappa shape index (κ1) is 11.9. The van der Waals surface area contributed by atoms with E-state index in [4.69, 9.17) is 0 Å². The molecule has 1 amide bonds. The highest BCUT2D eigenvalue weighted by Gasteiger charge is 2.28. The van der Waals surface area contributed by atoms with Gasteiger partial charge in [-0.3, -0.25) is 4.79 Å². The molecule has 92 valence electrons. The van der Waals surface area contributed by atoms with Gasteiger partial charge in [-0.15, -0.1) is 0 Å². The SMILES string of the molecule is O=C1NCCCN(c2ccccc2F)C1CO. The Morgan fingerprint density at radius 2 is 2.24 bits per heavy atom. The van der Waals surface area contributed by atoms with E-state index in [1.165, 1.54) is 6.07 Å². The van der Waals surface area contributed by atoms with Crippen molar-refractivity contribution < 1.29 is 14.3 Å². The van der Waals surface area contributed by atoms with E-state index in [2.05, 4.69) is 5.32 Å². The smallest absolute Gasteiger partial charge is 0.245 e. The zero-order chi connectivity index (χ0) is 12.3. The van der Waals surface area contributed by atoms with Crippen LogP contribution in [0.1, 0.15) is 6.42 Å². The van der Waals surface area contributed by atoms with E-state index < -0.39 is 6.04 Å². The van der Waals surface area contributed by atoms with Crippen molar-refractivity contribution in [3.05, 3.63) is 30.1 Å². The molecule has 0 saturated carbocycles. The number of carbonyl (C=O) groups is 1. The lowest BCUT2D eigenvalue weighted by Gasteiger charge is -2.29. The summed E-state index contributed by atoms with van der Waals surface area (Å²) in [5.41, 5.74) is 0.364. The van der Waals surface area contributed by atoms with Crippen molar-refractivity contribution >= 4 is 11.6 Å². The van der Waals surface area contributed by atoms with Gasteiger partial charge in [-0.05, 0) is 18.6 Å². The maximum atomic E-state index is 13.7. The highest BCUT2D eigenvalue weighted by molar-refractivity contribution is 5.85. The van der Waals surface area contributed by atoms with Crippen molar-refractivity contribution in [3.8, 4) is 0 Å². The van der Waals surface area contributed by atoms with Crippen LogP contribution in [0.2, 0.25) is 0 Å². The summed E-state index contributed by atoms with van der Waals surface area (Å²) in [6.07, 6.45) is 0.733. The molecule has 0 aliphatic carbocycles. The van der Waals surface area contributed by atoms with Gasteiger partial charge in [0.15, 0.2) is 0 Å². The molecule has 17 heavy (non-hydrogen) atoms. The van der Waals surface area contributed by atoms with E-state index in [1.54, 1.807) is 23.1 Å². The first-order chi connectivity index (χ1) is 8.24. The van der Waals surface area contributed by atoms with Crippen LogP contribution >= 0.6 is 0 Å². The molecule has 1 aromatic carbocycles. The first-order valence-electron chi connectivity index (χ1n) is 5.64. The number of hydrogen-bond donors (Lipinski definition) is 2. The quantitative estimate of drug-likeness (QED) is 0.789. The van der Waals surface area contributed by atoms with Crippen molar-refractivity contribution in [2.75, 3.05) is 24.6 Å². The highest BCUT2D eigenvalue weighted by Crippen LogP contribution is 2.22. The summed E-state index contributed by atoms with van der Waals surface area (Å²) in [6, 6.07) is 5.58. The minimum Gasteiger partial charge on any atom is -0.394 e. The summed E-state index contributed by atoms with van der Waals surface area (Å²) >= 11 is 0. The van der Waals surface area contributed by atoms with Gasteiger partial charge in [-0.2, -0.15) is 0 Å². The van der Waals surface area contributed by atoms with Gasteiger partial charge in [-0.25, -0.2) is 4.39 Å². The predicted molar refractivity (Wildman–Crippen MR) is 62.2 cm³/mol. The Morgan fingerprint density at radius 1 is 1.47 bits per heavy atom. The lowest BCUT2D eigenvalue weighted by molar-refractivity contribution is -0.122. The third-order valence-electron chi connectivity index (χ3n) is 2.89. The number of rotatable bonds is 2. The first-order valence-corrected chi connectivity index (χ1v) is 5.64. The molecule has 1 aromatic rings. The fourth-order valence-electron chi connectivity index (χ4n) is 2.03. The molecule has 0 radical (unpaired) electrons. The van der Waals surface area contributed by atoms with Gasteiger partial charge in [0.2, 0.25) is 5.91 Å². The molecular formula is C12H15FN2O2. The topological polar surface area (TPSA) is 52.6 Å². The van der Waals surface area contributed by atoms with Gasteiger partial charge < -0.3 is 15.3 Å². The number of aliphatic hydroxyl groups is 1. The largest absolute Gasteiger partial charge is 0.394 e. The maximum Gasteiger partial charge on any atom is 0.245 e. The molecule has 1 fully saturated rings. The summed E-state index contributed by atoms with van der Waals surface area (Å²) in [4.78, 5) is 13.3. The number of nitrogens with zero attached hydrogens (tertiary/aromatic N) is 1. The zero-order valence-electron chi connectivity index (χ0n) is 9.40. The van der Waals surface area contributed by atoms with Crippen LogP contribution in [0.3, 0.4) is 0 Å². The Bertz CT molecular complexity index is 411. The Morgan fingerprint density at radius 3 is 2.94 bits per heavy atom. The second kappa shape index (κ2) is 5.14. The number of hydrogen-bond acceptors (Lipinski definition) is 3. The lowest BCUT2D eigenvalue weighted by Crippen LogP contribution is -2.47. The maximum absolute atomic E-state index is 13.7. The number of aliphatic hydroxyl groups excluding tert-OH is 1. The average Bonchev–Trinajstić information content (AvgIpc) is 2.51. The normalized spacial score (nSPS) is 20.9. The summed E-state index contributed by atoms with van der Waals surface area (Å²) in [7, 11) is 0. The number of halogens is 1. The van der Waals surface area contributed by atoms with Crippen LogP contribution in [0.5, 0.6) is 0 Å². The molecular weight excluding hydrogens is 223 g/mol. The van der Waals surface area contributed by atoms with Crippen molar-refractivity contribution in [1.29, 1.82) is 0 Å².